The summed E-state index contributed by atoms with van der Waals surface area (Å²) in [6.07, 6.45) is 8.76. The third-order valence-electron chi connectivity index (χ3n) is 6.20. The second-order valence-corrected chi connectivity index (χ2v) is 7.76. The molecule has 1 saturated carbocycles. The molecule has 3 aliphatic rings. The first-order valence-electron chi connectivity index (χ1n) is 9.42. The van der Waals surface area contributed by atoms with Crippen molar-refractivity contribution in [3.8, 4) is 5.75 Å². The Morgan fingerprint density at radius 3 is 2.71 bits per heavy atom. The monoisotopic (exact) mass is 328 g/mol. The summed E-state index contributed by atoms with van der Waals surface area (Å²) < 4.78 is 5.62. The normalized spacial score (nSPS) is 26.9. The predicted molar refractivity (Wildman–Crippen MR) is 94.6 cm³/mol. The molecule has 4 rings (SSSR count). The van der Waals surface area contributed by atoms with Crippen molar-refractivity contribution in [1.82, 2.24) is 9.80 Å². The summed E-state index contributed by atoms with van der Waals surface area (Å²) >= 11 is 0. The summed E-state index contributed by atoms with van der Waals surface area (Å²) in [6.45, 7) is 1.24. The van der Waals surface area contributed by atoms with Crippen LogP contribution in [-0.4, -0.2) is 48.6 Å². The van der Waals surface area contributed by atoms with E-state index in [0.29, 0.717) is 12.0 Å². The van der Waals surface area contributed by atoms with Gasteiger partial charge in [0.1, 0.15) is 5.75 Å². The van der Waals surface area contributed by atoms with Gasteiger partial charge in [0.25, 0.3) is 0 Å². The molecule has 1 saturated heterocycles. The summed E-state index contributed by atoms with van der Waals surface area (Å²) in [4.78, 5) is 16.2. The zero-order valence-electron chi connectivity index (χ0n) is 14.8. The Morgan fingerprint density at radius 1 is 1.17 bits per heavy atom. The number of rotatable bonds is 2. The highest BCUT2D eigenvalue weighted by Crippen LogP contribution is 2.46. The lowest BCUT2D eigenvalue weighted by atomic mass is 9.79. The topological polar surface area (TPSA) is 32.8 Å². The van der Waals surface area contributed by atoms with Gasteiger partial charge in [-0.2, -0.15) is 0 Å². The molecule has 4 heteroatoms. The van der Waals surface area contributed by atoms with Gasteiger partial charge in [0.2, 0.25) is 0 Å². The molecule has 24 heavy (non-hydrogen) atoms. The Balaban J connectivity index is 1.58. The minimum atomic E-state index is -0.287. The van der Waals surface area contributed by atoms with Gasteiger partial charge in [-0.1, -0.05) is 25.0 Å². The van der Waals surface area contributed by atoms with Crippen LogP contribution in [0.15, 0.2) is 18.2 Å². The fourth-order valence-electron chi connectivity index (χ4n) is 5.07. The van der Waals surface area contributed by atoms with Crippen molar-refractivity contribution in [2.24, 2.45) is 0 Å². The minimum absolute atomic E-state index is 0.287. The third-order valence-corrected chi connectivity index (χ3v) is 6.20. The summed E-state index contributed by atoms with van der Waals surface area (Å²) in [6, 6.07) is 7.77. The van der Waals surface area contributed by atoms with E-state index in [1.165, 1.54) is 61.1 Å². The van der Waals surface area contributed by atoms with Gasteiger partial charge in [0, 0.05) is 32.1 Å². The summed E-state index contributed by atoms with van der Waals surface area (Å²) in [5.74, 6) is 1.39. The van der Waals surface area contributed by atoms with E-state index in [0.717, 1.165) is 18.2 Å². The Kier molecular flexibility index (Phi) is 4.25. The molecule has 0 aromatic heterocycles. The molecule has 2 atom stereocenters. The van der Waals surface area contributed by atoms with Crippen LogP contribution in [0.4, 0.5) is 4.79 Å². The fourth-order valence-corrected chi connectivity index (χ4v) is 5.07. The molecule has 0 spiro atoms. The number of hydrogen-bond acceptors (Lipinski definition) is 3. The van der Waals surface area contributed by atoms with Crippen molar-refractivity contribution in [2.75, 3.05) is 20.6 Å². The van der Waals surface area contributed by atoms with Crippen LogP contribution < -0.4 is 4.74 Å². The van der Waals surface area contributed by atoms with Gasteiger partial charge in [0.05, 0.1) is 0 Å². The maximum absolute atomic E-state index is 11.9. The van der Waals surface area contributed by atoms with E-state index in [4.69, 9.17) is 4.74 Å². The SMILES string of the molecule is CN(C)C(=O)Oc1cccc2c1CC[C@@H]1[C@H]2CCN1C1CCCC1. The molecule has 2 aliphatic carbocycles. The Bertz CT molecular complexity index is 622. The molecule has 1 aromatic carbocycles. The minimum Gasteiger partial charge on any atom is -0.410 e. The Morgan fingerprint density at radius 2 is 1.96 bits per heavy atom. The smallest absolute Gasteiger partial charge is 0.410 e. The van der Waals surface area contributed by atoms with Gasteiger partial charge in [-0.15, -0.1) is 0 Å². The van der Waals surface area contributed by atoms with Crippen LogP contribution in [0.5, 0.6) is 5.75 Å². The summed E-state index contributed by atoms with van der Waals surface area (Å²) in [7, 11) is 3.45. The average molecular weight is 328 g/mol. The first kappa shape index (κ1) is 15.9. The molecule has 0 radical (unpaired) electrons. The molecule has 0 N–H and O–H groups in total. The van der Waals surface area contributed by atoms with Crippen molar-refractivity contribution in [3.63, 3.8) is 0 Å². The first-order valence-corrected chi connectivity index (χ1v) is 9.42. The predicted octanol–water partition coefficient (Wildman–Crippen LogP) is 3.79. The van der Waals surface area contributed by atoms with Crippen molar-refractivity contribution in [2.45, 2.75) is 62.9 Å². The number of hydrogen-bond donors (Lipinski definition) is 0. The molecule has 1 heterocycles. The lowest BCUT2D eigenvalue weighted by Gasteiger charge is -2.37. The lowest BCUT2D eigenvalue weighted by molar-refractivity contribution is 0.161. The number of amides is 1. The molecule has 4 nitrogen and oxygen atoms in total. The molecular formula is C20H28N2O2. The standard InChI is InChI=1S/C20H28N2O2/c1-21(2)20(23)24-19-9-5-8-15-16-12-13-22(14-6-3-4-7-14)18(16)11-10-17(15)19/h5,8-9,14,16,18H,3-4,6-7,10-13H2,1-2H3/t16-,18+/m0/s1. The Labute approximate surface area is 144 Å². The molecule has 0 bridgehead atoms. The molecule has 1 aromatic rings. The summed E-state index contributed by atoms with van der Waals surface area (Å²) in [5.41, 5.74) is 2.69. The second-order valence-electron chi connectivity index (χ2n) is 7.76. The Hall–Kier alpha value is -1.55. The van der Waals surface area contributed by atoms with Crippen LogP contribution >= 0.6 is 0 Å². The van der Waals surface area contributed by atoms with E-state index in [1.807, 2.05) is 6.07 Å². The van der Waals surface area contributed by atoms with Gasteiger partial charge in [-0.3, -0.25) is 4.90 Å². The molecule has 2 fully saturated rings. The zero-order valence-corrected chi connectivity index (χ0v) is 14.8. The average Bonchev–Trinajstić information content (AvgIpc) is 3.23. The maximum atomic E-state index is 11.9. The number of carbonyl (C=O) groups excluding carboxylic acids is 1. The van der Waals surface area contributed by atoms with Crippen molar-refractivity contribution < 1.29 is 9.53 Å². The number of ether oxygens (including phenoxy) is 1. The van der Waals surface area contributed by atoms with Crippen LogP contribution in [-0.2, 0) is 6.42 Å². The summed E-state index contributed by atoms with van der Waals surface area (Å²) in [5, 5.41) is 0. The van der Waals surface area contributed by atoms with Crippen molar-refractivity contribution in [3.05, 3.63) is 29.3 Å². The van der Waals surface area contributed by atoms with E-state index in [-0.39, 0.29) is 6.09 Å². The van der Waals surface area contributed by atoms with Crippen LogP contribution in [0.2, 0.25) is 0 Å². The van der Waals surface area contributed by atoms with Crippen LogP contribution in [0.3, 0.4) is 0 Å². The third kappa shape index (κ3) is 2.71. The number of benzene rings is 1. The van der Waals surface area contributed by atoms with E-state index >= 15 is 0 Å². The molecule has 1 amide bonds. The van der Waals surface area contributed by atoms with E-state index < -0.39 is 0 Å². The van der Waals surface area contributed by atoms with Gasteiger partial charge in [-0.05, 0) is 55.8 Å². The number of fused-ring (bicyclic) bond motifs is 3. The van der Waals surface area contributed by atoms with Gasteiger partial charge in [-0.25, -0.2) is 4.79 Å². The molecule has 130 valence electrons. The van der Waals surface area contributed by atoms with Crippen LogP contribution in [0.1, 0.15) is 55.6 Å². The van der Waals surface area contributed by atoms with E-state index in [9.17, 15) is 4.79 Å². The van der Waals surface area contributed by atoms with Gasteiger partial charge in [0.15, 0.2) is 0 Å². The quantitative estimate of drug-likeness (QED) is 0.828. The second kappa shape index (κ2) is 6.40. The van der Waals surface area contributed by atoms with Crippen molar-refractivity contribution in [1.29, 1.82) is 0 Å². The highest BCUT2D eigenvalue weighted by Gasteiger charge is 2.42. The van der Waals surface area contributed by atoms with E-state index in [1.54, 1.807) is 14.1 Å². The van der Waals surface area contributed by atoms with Gasteiger partial charge < -0.3 is 9.64 Å². The fraction of sp³-hybridized carbons (Fsp3) is 0.650. The molecule has 0 unspecified atom stereocenters. The number of carbonyl (C=O) groups is 1. The van der Waals surface area contributed by atoms with Gasteiger partial charge >= 0.3 is 6.09 Å². The van der Waals surface area contributed by atoms with Crippen molar-refractivity contribution >= 4 is 6.09 Å². The number of nitrogens with zero attached hydrogens (tertiary/aromatic N) is 2. The lowest BCUT2D eigenvalue weighted by Crippen LogP contribution is -2.41. The number of likely N-dealkylation sites (tertiary alicyclic amines) is 1. The van der Waals surface area contributed by atoms with Crippen LogP contribution in [0.25, 0.3) is 0 Å². The molecule has 1 aliphatic heterocycles. The van der Waals surface area contributed by atoms with Crippen LogP contribution in [0, 0.1) is 0 Å². The highest BCUT2D eigenvalue weighted by molar-refractivity contribution is 5.70. The maximum Gasteiger partial charge on any atom is 0.414 e. The molecular weight excluding hydrogens is 300 g/mol. The highest BCUT2D eigenvalue weighted by atomic mass is 16.6. The first-order chi connectivity index (χ1) is 11.6. The largest absolute Gasteiger partial charge is 0.414 e. The van der Waals surface area contributed by atoms with E-state index in [2.05, 4.69) is 17.0 Å². The zero-order chi connectivity index (χ0) is 16.7.